The zero-order chi connectivity index (χ0) is 65.7. The topological polar surface area (TPSA) is 25.3 Å². The molecule has 1 aliphatic rings. The minimum Gasteiger partial charge on any atom is -0.493 e. The molecule has 0 radical (unpaired) electrons. The molecule has 0 amide bonds. The second-order valence-electron chi connectivity index (χ2n) is 30.3. The van der Waals surface area contributed by atoms with Crippen molar-refractivity contribution in [2.45, 2.75) is 478 Å². The summed E-state index contributed by atoms with van der Waals surface area (Å²) in [6.07, 6.45) is 93.3. The first kappa shape index (κ1) is 83.7. The van der Waals surface area contributed by atoms with Crippen molar-refractivity contribution in [2.75, 3.05) is 0 Å². The highest BCUT2D eigenvalue weighted by Gasteiger charge is 2.36. The second-order valence-corrected chi connectivity index (χ2v) is 30.3. The Hall–Kier alpha value is -2.48. The highest BCUT2D eigenvalue weighted by molar-refractivity contribution is 5.82. The predicted octanol–water partition coefficient (Wildman–Crippen LogP) is 32.1. The minimum absolute atomic E-state index is 1.04. The third-order valence-electron chi connectivity index (χ3n) is 21.3. The summed E-state index contributed by atoms with van der Waals surface area (Å²) >= 11 is 0. The Morgan fingerprint density at radius 1 is 0.185 bits per heavy atom. The number of benzene rings is 2. The van der Waals surface area contributed by atoms with Gasteiger partial charge in [-0.05, 0) is 124 Å². The van der Waals surface area contributed by atoms with Crippen LogP contribution in [0.5, 0.6) is 0 Å². The minimum atomic E-state index is 1.04. The van der Waals surface area contributed by atoms with E-state index >= 15 is 0 Å². The maximum Gasteiger partial charge on any atom is 0.211 e. The molecule has 2 heteroatoms. The van der Waals surface area contributed by atoms with E-state index in [9.17, 15) is 5.53 Å². The van der Waals surface area contributed by atoms with Crippen molar-refractivity contribution in [1.29, 1.82) is 0 Å². The molecule has 92 heavy (non-hydrogen) atoms. The lowest BCUT2D eigenvalue weighted by molar-refractivity contribution is -0.345. The van der Waals surface area contributed by atoms with Gasteiger partial charge in [-0.15, -0.1) is 0 Å². The van der Waals surface area contributed by atoms with Crippen LogP contribution in [-0.2, 0) is 25.7 Å². The van der Waals surface area contributed by atoms with Crippen molar-refractivity contribution in [1.82, 2.24) is 0 Å². The first-order chi connectivity index (χ1) is 45.5. The molecule has 3 rings (SSSR count). The van der Waals surface area contributed by atoms with Crippen LogP contribution in [0.25, 0.3) is 16.9 Å². The molecule has 0 unspecified atom stereocenters. The van der Waals surface area contributed by atoms with E-state index in [1.54, 1.807) is 4.70 Å². The fourth-order valence-corrected chi connectivity index (χ4v) is 15.3. The number of rotatable bonds is 70. The van der Waals surface area contributed by atoms with Gasteiger partial charge in [-0.2, -0.15) is 0 Å². The summed E-state index contributed by atoms with van der Waals surface area (Å²) in [6, 6.07) is 15.1. The lowest BCUT2D eigenvalue weighted by atomic mass is 9.89. The van der Waals surface area contributed by atoms with Crippen LogP contribution in [-0.4, -0.2) is 4.70 Å². The van der Waals surface area contributed by atoms with Gasteiger partial charge in [0.25, 0.3) is 0 Å². The van der Waals surface area contributed by atoms with Gasteiger partial charge < -0.3 is 5.53 Å². The van der Waals surface area contributed by atoms with Gasteiger partial charge in [-0.25, -0.2) is 4.70 Å². The highest BCUT2D eigenvalue weighted by Crippen LogP contribution is 2.46. The van der Waals surface area contributed by atoms with E-state index in [1.807, 2.05) is 0 Å². The lowest BCUT2D eigenvalue weighted by Gasteiger charge is -2.15. The molecule has 2 nitrogen and oxygen atoms in total. The number of aryl methyl sites for hydroxylation is 4. The van der Waals surface area contributed by atoms with Crippen molar-refractivity contribution in [2.24, 2.45) is 0 Å². The van der Waals surface area contributed by atoms with Gasteiger partial charge in [-0.3, -0.25) is 0 Å². The SMILES string of the molecule is CCCCCCCCCCCCCCCCCCCCCCCCCCCc1cc(CCCC)cc(C2=C(CCCC)C(CCCCCCCC)=C(c3cc(CCCC)cc(CCCCCCCCCCCCCCCCCCCCCCCCCCC)c3)[N+]2=[N-])c1. The summed E-state index contributed by atoms with van der Waals surface area (Å²) in [5.74, 6) is 0. The Balaban J connectivity index is 1.50. The molecule has 0 aliphatic carbocycles. The molecule has 0 saturated heterocycles. The molecule has 530 valence electrons. The van der Waals surface area contributed by atoms with Gasteiger partial charge in [0.1, 0.15) is 0 Å². The van der Waals surface area contributed by atoms with Crippen molar-refractivity contribution < 1.29 is 4.70 Å². The first-order valence-electron chi connectivity index (χ1n) is 42.7. The predicted molar refractivity (Wildman–Crippen MR) is 415 cm³/mol. The Labute approximate surface area is 577 Å². The van der Waals surface area contributed by atoms with Crippen LogP contribution < -0.4 is 0 Å². The molecule has 0 bridgehead atoms. The van der Waals surface area contributed by atoms with E-state index in [4.69, 9.17) is 0 Å². The molecule has 0 saturated carbocycles. The fraction of sp³-hybridized carbons (Fsp3) is 0.822. The molecule has 2 aromatic rings. The van der Waals surface area contributed by atoms with Crippen LogP contribution >= 0.6 is 0 Å². The van der Waals surface area contributed by atoms with Gasteiger partial charge in [-0.1, -0.05) is 413 Å². The molecule has 0 atom stereocenters. The number of nitrogens with zero attached hydrogens (tertiary/aromatic N) is 2. The molecule has 0 aromatic heterocycles. The Bertz CT molecular complexity index is 2050. The van der Waals surface area contributed by atoms with Gasteiger partial charge >= 0.3 is 0 Å². The molecule has 2 aromatic carbocycles. The number of allylic oxidation sites excluding steroid dienone is 2. The Kier molecular flexibility index (Phi) is 56.5. The summed E-state index contributed by atoms with van der Waals surface area (Å²) in [6.45, 7) is 14.0. The van der Waals surface area contributed by atoms with Crippen LogP contribution in [0.3, 0.4) is 0 Å². The molecule has 0 N–H and O–H groups in total. The van der Waals surface area contributed by atoms with Crippen LogP contribution in [0.1, 0.15) is 486 Å². The Morgan fingerprint density at radius 2 is 0.337 bits per heavy atom. The zero-order valence-corrected chi connectivity index (χ0v) is 63.4. The quantitative estimate of drug-likeness (QED) is 0.0466. The Morgan fingerprint density at radius 3 is 0.543 bits per heavy atom. The van der Waals surface area contributed by atoms with Gasteiger partial charge in [0, 0.05) is 22.3 Å². The van der Waals surface area contributed by atoms with E-state index in [2.05, 4.69) is 77.9 Å². The molecule has 0 spiro atoms. The first-order valence-corrected chi connectivity index (χ1v) is 42.7. The van der Waals surface area contributed by atoms with Crippen LogP contribution in [0.15, 0.2) is 47.5 Å². The number of hydrogen-bond acceptors (Lipinski definition) is 0. The lowest BCUT2D eigenvalue weighted by Crippen LogP contribution is -2.05. The molecular weight excluding hydrogens is 1110 g/mol. The van der Waals surface area contributed by atoms with Gasteiger partial charge in [0.2, 0.25) is 11.4 Å². The fourth-order valence-electron chi connectivity index (χ4n) is 15.3. The van der Waals surface area contributed by atoms with E-state index < -0.39 is 0 Å². The average molecular weight is 1270 g/mol. The summed E-state index contributed by atoms with van der Waals surface area (Å²) < 4.78 is 1.74. The molecular formula is C90H160N2. The number of hydrogen-bond donors (Lipinski definition) is 0. The summed E-state index contributed by atoms with van der Waals surface area (Å²) in [4.78, 5) is 0. The maximum atomic E-state index is 13.1. The van der Waals surface area contributed by atoms with Crippen molar-refractivity contribution >= 4 is 11.4 Å². The summed E-state index contributed by atoms with van der Waals surface area (Å²) in [7, 11) is 0. The third-order valence-corrected chi connectivity index (χ3v) is 21.3. The van der Waals surface area contributed by atoms with Gasteiger partial charge in [0.05, 0.1) is 0 Å². The van der Waals surface area contributed by atoms with Crippen molar-refractivity contribution in [3.63, 3.8) is 0 Å². The average Bonchev–Trinajstić information content (AvgIpc) is 1.61. The summed E-state index contributed by atoms with van der Waals surface area (Å²) in [5.41, 5.74) is 26.5. The van der Waals surface area contributed by atoms with E-state index in [0.717, 1.165) is 56.3 Å². The third kappa shape index (κ3) is 42.9. The van der Waals surface area contributed by atoms with Crippen molar-refractivity contribution in [3.8, 4) is 0 Å². The highest BCUT2D eigenvalue weighted by atomic mass is 15.2. The standard InChI is InChI=1S/C90H160N2/c1-7-13-19-22-25-27-29-31-33-35-37-39-41-43-45-47-49-51-53-55-57-59-61-63-66-71-83-75-81(69-16-10-4)77-85(79-83)89-87(73-18-12-6)88(74-68-65-24-21-15-9-3)90(92(89)91)86-78-82(70-17-11-5)76-84(80-86)72-67-64-62-60-58-56-54-52-50-48-46-44-42-40-38-36-34-32-30-28-26-23-20-14-8-2/h75-80H,7-74H2,1-6H3. The van der Waals surface area contributed by atoms with Gasteiger partial charge in [0.15, 0.2) is 0 Å². The van der Waals surface area contributed by atoms with Crippen LogP contribution in [0.2, 0.25) is 0 Å². The van der Waals surface area contributed by atoms with E-state index in [1.165, 1.54) is 436 Å². The normalized spacial score (nSPS) is 12.7. The zero-order valence-electron chi connectivity index (χ0n) is 63.4. The van der Waals surface area contributed by atoms with Crippen molar-refractivity contribution in [3.05, 3.63) is 86.5 Å². The largest absolute Gasteiger partial charge is 0.493 e. The molecule has 0 fully saturated rings. The van der Waals surface area contributed by atoms with Crippen LogP contribution in [0.4, 0.5) is 0 Å². The second kappa shape index (κ2) is 62.1. The number of unbranched alkanes of at least 4 members (excludes halogenated alkanes) is 56. The van der Waals surface area contributed by atoms with Crippen LogP contribution in [0, 0.1) is 0 Å². The van der Waals surface area contributed by atoms with E-state index in [0.29, 0.717) is 0 Å². The molecule has 1 aliphatic heterocycles. The maximum absolute atomic E-state index is 13.1. The smallest absolute Gasteiger partial charge is 0.211 e. The molecule has 1 heterocycles. The van der Waals surface area contributed by atoms with E-state index in [-0.39, 0.29) is 0 Å². The summed E-state index contributed by atoms with van der Waals surface area (Å²) in [5, 5.41) is 0. The monoisotopic (exact) mass is 1270 g/mol.